The highest BCUT2D eigenvalue weighted by Crippen LogP contribution is 2.54. The molecule has 2 aliphatic carbocycles. The summed E-state index contributed by atoms with van der Waals surface area (Å²) in [5.41, 5.74) is 37.1. The predicted molar refractivity (Wildman–Crippen MR) is 438 cm³/mol. The van der Waals surface area contributed by atoms with Crippen molar-refractivity contribution in [2.75, 3.05) is 9.80 Å². The summed E-state index contributed by atoms with van der Waals surface area (Å²) in [5, 5.41) is 0. The fourth-order valence-corrected chi connectivity index (χ4v) is 17.4. The molecule has 3 heteroatoms. The van der Waals surface area contributed by atoms with Gasteiger partial charge in [0.25, 0.3) is 6.71 Å². The lowest BCUT2D eigenvalue weighted by Gasteiger charge is -2.45. The highest BCUT2D eigenvalue weighted by atomic mass is 15.2. The van der Waals surface area contributed by atoms with E-state index in [1.54, 1.807) is 0 Å². The second-order valence-corrected chi connectivity index (χ2v) is 37.1. The van der Waals surface area contributed by atoms with Crippen molar-refractivity contribution in [2.45, 2.75) is 207 Å². The van der Waals surface area contributed by atoms with Gasteiger partial charge in [-0.1, -0.05) is 327 Å². The van der Waals surface area contributed by atoms with E-state index in [0.29, 0.717) is 0 Å². The van der Waals surface area contributed by atoms with E-state index in [0.717, 1.165) is 12.8 Å². The quantitative estimate of drug-likeness (QED) is 0.140. The second-order valence-electron chi connectivity index (χ2n) is 37.1. The van der Waals surface area contributed by atoms with E-state index in [1.807, 2.05) is 0 Å². The number of nitrogens with zero attached hydrogens (tertiary/aromatic N) is 2. The molecule has 2 heterocycles. The predicted octanol–water partition coefficient (Wildman–Crippen LogP) is 25.7. The Labute approximate surface area is 606 Å². The minimum absolute atomic E-state index is 0.0374. The molecule has 0 atom stereocenters. The maximum absolute atomic E-state index is 2.67. The maximum Gasteiger partial charge on any atom is 0.252 e. The summed E-state index contributed by atoms with van der Waals surface area (Å²) in [5.74, 6) is 0. The molecule has 2 nitrogen and oxygen atoms in total. The first-order valence-corrected chi connectivity index (χ1v) is 37.6. The fourth-order valence-electron chi connectivity index (χ4n) is 17.4. The van der Waals surface area contributed by atoms with Crippen molar-refractivity contribution in [3.8, 4) is 66.8 Å². The average Bonchev–Trinajstić information content (AvgIpc) is 0.694. The number of para-hydroxylation sites is 2. The molecule has 11 aromatic carbocycles. The average molecular weight is 1320 g/mol. The first-order valence-electron chi connectivity index (χ1n) is 37.6. The molecule has 4 aliphatic rings. The van der Waals surface area contributed by atoms with E-state index >= 15 is 0 Å². The lowest BCUT2D eigenvalue weighted by molar-refractivity contribution is 0.332. The lowest BCUT2D eigenvalue weighted by atomic mass is 9.33. The van der Waals surface area contributed by atoms with Crippen LogP contribution in [0, 0.1) is 0 Å². The van der Waals surface area contributed by atoms with Crippen LogP contribution in [0.15, 0.2) is 224 Å². The van der Waals surface area contributed by atoms with Crippen molar-refractivity contribution in [2.24, 2.45) is 0 Å². The molecule has 0 unspecified atom stereocenters. The molecular weight excluding hydrogens is 1220 g/mol. The summed E-state index contributed by atoms with van der Waals surface area (Å²) < 4.78 is 0. The van der Waals surface area contributed by atoms with Gasteiger partial charge in [0.15, 0.2) is 0 Å². The minimum atomic E-state index is -0.124. The number of anilines is 6. The lowest BCUT2D eigenvalue weighted by Crippen LogP contribution is -2.61. The molecule has 0 radical (unpaired) electrons. The molecule has 0 aromatic heterocycles. The Morgan fingerprint density at radius 1 is 0.248 bits per heavy atom. The van der Waals surface area contributed by atoms with Crippen molar-refractivity contribution in [3.63, 3.8) is 0 Å². The van der Waals surface area contributed by atoms with Crippen LogP contribution in [0.3, 0.4) is 0 Å². The normalized spacial score (nSPS) is 16.4. The largest absolute Gasteiger partial charge is 0.311 e. The number of rotatable bonds is 8. The van der Waals surface area contributed by atoms with Gasteiger partial charge < -0.3 is 9.80 Å². The van der Waals surface area contributed by atoms with Gasteiger partial charge >= 0.3 is 0 Å². The third-order valence-corrected chi connectivity index (χ3v) is 24.0. The summed E-state index contributed by atoms with van der Waals surface area (Å²) in [6.45, 7) is 47.7. The number of benzene rings is 11. The van der Waals surface area contributed by atoms with E-state index in [9.17, 15) is 0 Å². The summed E-state index contributed by atoms with van der Waals surface area (Å²) in [7, 11) is 0. The van der Waals surface area contributed by atoms with Gasteiger partial charge in [-0.3, -0.25) is 0 Å². The molecule has 0 fully saturated rings. The Balaban J connectivity index is 1.01. The number of hydrogen-bond acceptors (Lipinski definition) is 2. The van der Waals surface area contributed by atoms with Crippen LogP contribution in [-0.2, 0) is 43.3 Å². The standard InChI is InChI=1S/C98H105BN2/c1-91(2,3)68-52-66(53-69(60-68)92(4,5)6)74-32-23-21-30-72(74)64-42-46-82-88(58-64)100(84-36-27-25-34-76(84)62-40-44-78-80(56-62)97(17,18)50-48-95(78,13)14)86-38-29-39-87-90(86)99(82)83-47-43-65(73-31-22-24-33-75(73)67-54-70(93(7,8)9)61-71(55-67)94(10,11)12)59-89(83)101(87)85-37-28-26-35-77(85)63-41-45-79-81(57-63)98(19,20)51-49-96(79,15)16/h21-47,52-61H,48-51H2,1-20H3. The van der Waals surface area contributed by atoms with Crippen LogP contribution < -0.4 is 26.2 Å². The molecule has 0 saturated heterocycles. The number of fused-ring (bicyclic) bond motifs is 6. The van der Waals surface area contributed by atoms with Crippen LogP contribution in [0.4, 0.5) is 34.1 Å². The Kier molecular flexibility index (Phi) is 16.0. The highest BCUT2D eigenvalue weighted by molar-refractivity contribution is 7.00. The van der Waals surface area contributed by atoms with Gasteiger partial charge in [-0.2, -0.15) is 0 Å². The Morgan fingerprint density at radius 3 is 0.861 bits per heavy atom. The smallest absolute Gasteiger partial charge is 0.252 e. The third kappa shape index (κ3) is 11.8. The zero-order chi connectivity index (χ0) is 71.5. The SMILES string of the molecule is CC(C)(C)c1cc(-c2ccccc2-c2ccc3c(c2)N(c2ccccc2-c2ccc4c(c2)C(C)(C)CCC4(C)C)c2cccc4c2B3c2ccc(-c3ccccc3-c3cc(C(C)(C)C)cc(C(C)(C)C)c3)cc2N4c2ccccc2-c2ccc3c(c2)C(C)(C)CCC3(C)C)cc(C(C)(C)C)c1. The van der Waals surface area contributed by atoms with Crippen LogP contribution >= 0.6 is 0 Å². The van der Waals surface area contributed by atoms with Gasteiger partial charge in [0.05, 0.1) is 11.4 Å². The van der Waals surface area contributed by atoms with Crippen molar-refractivity contribution in [1.82, 2.24) is 0 Å². The van der Waals surface area contributed by atoms with Crippen molar-refractivity contribution >= 4 is 57.2 Å². The summed E-state index contributed by atoms with van der Waals surface area (Å²) >= 11 is 0. The molecule has 0 N–H and O–H groups in total. The van der Waals surface area contributed by atoms with Crippen LogP contribution in [0.25, 0.3) is 66.8 Å². The molecule has 0 bridgehead atoms. The summed E-state index contributed by atoms with van der Waals surface area (Å²) in [6.07, 6.45) is 4.65. The minimum Gasteiger partial charge on any atom is -0.311 e. The van der Waals surface area contributed by atoms with Crippen molar-refractivity contribution in [3.05, 3.63) is 269 Å². The molecule has 0 amide bonds. The molecule has 0 spiro atoms. The van der Waals surface area contributed by atoms with E-state index < -0.39 is 0 Å². The van der Waals surface area contributed by atoms with Gasteiger partial charge in [-0.05, 0) is 222 Å². The van der Waals surface area contributed by atoms with Crippen molar-refractivity contribution < 1.29 is 0 Å². The van der Waals surface area contributed by atoms with E-state index in [1.165, 1.54) is 175 Å². The van der Waals surface area contributed by atoms with Crippen LogP contribution in [0.5, 0.6) is 0 Å². The van der Waals surface area contributed by atoms with E-state index in [2.05, 4.69) is 373 Å². The van der Waals surface area contributed by atoms with Gasteiger partial charge in [-0.15, -0.1) is 0 Å². The van der Waals surface area contributed by atoms with Gasteiger partial charge in [-0.25, -0.2) is 0 Å². The van der Waals surface area contributed by atoms with Gasteiger partial charge in [0.2, 0.25) is 0 Å². The first-order chi connectivity index (χ1) is 47.6. The van der Waals surface area contributed by atoms with E-state index in [4.69, 9.17) is 0 Å². The first kappa shape index (κ1) is 67.9. The highest BCUT2D eigenvalue weighted by Gasteiger charge is 2.46. The monoisotopic (exact) mass is 1320 g/mol. The molecule has 0 saturated carbocycles. The fraction of sp³-hybridized carbons (Fsp3) is 0.327. The van der Waals surface area contributed by atoms with E-state index in [-0.39, 0.29) is 50.0 Å². The molecule has 510 valence electrons. The summed E-state index contributed by atoms with van der Waals surface area (Å²) in [6, 6.07) is 88.9. The van der Waals surface area contributed by atoms with Gasteiger partial charge in [0, 0.05) is 33.9 Å². The molecule has 2 aliphatic heterocycles. The zero-order valence-electron chi connectivity index (χ0n) is 64.2. The summed E-state index contributed by atoms with van der Waals surface area (Å²) in [4.78, 5) is 5.34. The van der Waals surface area contributed by atoms with Crippen molar-refractivity contribution in [1.29, 1.82) is 0 Å². The molecular formula is C98H105BN2. The molecule has 15 rings (SSSR count). The Bertz CT molecular complexity index is 4750. The maximum atomic E-state index is 2.67. The van der Waals surface area contributed by atoms with Gasteiger partial charge in [0.1, 0.15) is 0 Å². The Hall–Kier alpha value is -8.92. The third-order valence-electron chi connectivity index (χ3n) is 24.0. The second kappa shape index (κ2) is 23.8. The molecule has 101 heavy (non-hydrogen) atoms. The van der Waals surface area contributed by atoms with Crippen LogP contribution in [0.2, 0.25) is 0 Å². The van der Waals surface area contributed by atoms with Crippen LogP contribution in [0.1, 0.15) is 209 Å². The Morgan fingerprint density at radius 2 is 0.525 bits per heavy atom. The van der Waals surface area contributed by atoms with Crippen LogP contribution in [-0.4, -0.2) is 6.71 Å². The topological polar surface area (TPSA) is 6.48 Å². The zero-order valence-corrected chi connectivity index (χ0v) is 64.2. The number of hydrogen-bond donors (Lipinski definition) is 0. The molecule has 11 aromatic rings.